The Morgan fingerprint density at radius 2 is 1.95 bits per heavy atom. The average molecular weight is 268 g/mol. The lowest BCUT2D eigenvalue weighted by Crippen LogP contribution is -2.40. The number of aromatic amines is 1. The molecule has 2 heterocycles. The lowest BCUT2D eigenvalue weighted by Gasteiger charge is -2.31. The summed E-state index contributed by atoms with van der Waals surface area (Å²) in [5.41, 5.74) is 11.4. The molecule has 0 unspecified atom stereocenters. The molecule has 1 saturated heterocycles. The second kappa shape index (κ2) is 4.63. The Hall–Kier alpha value is -1.81. The summed E-state index contributed by atoms with van der Waals surface area (Å²) in [6.07, 6.45) is 4.33. The van der Waals surface area contributed by atoms with Crippen LogP contribution in [0.25, 0.3) is 11.3 Å². The highest BCUT2D eigenvalue weighted by Crippen LogP contribution is 2.37. The van der Waals surface area contributed by atoms with Crippen molar-refractivity contribution < 1.29 is 0 Å². The Bertz CT molecular complexity index is 623. The van der Waals surface area contributed by atoms with Crippen LogP contribution in [0.5, 0.6) is 0 Å². The molecule has 0 radical (unpaired) electrons. The van der Waals surface area contributed by atoms with E-state index in [1.165, 1.54) is 22.4 Å². The maximum atomic E-state index is 6.00. The molecule has 4 heteroatoms. The number of piperidine rings is 1. The lowest BCUT2D eigenvalue weighted by atomic mass is 9.89. The predicted octanol–water partition coefficient (Wildman–Crippen LogP) is 2.10. The molecule has 1 aromatic carbocycles. The van der Waals surface area contributed by atoms with Crippen molar-refractivity contribution >= 4 is 5.82 Å². The number of hydrogen-bond donors (Lipinski definition) is 2. The first kappa shape index (κ1) is 12.0. The number of H-pyrrole nitrogens is 1. The molecule has 0 spiro atoms. The topological polar surface area (TPSA) is 57.9 Å². The van der Waals surface area contributed by atoms with E-state index in [0.717, 1.165) is 44.6 Å². The monoisotopic (exact) mass is 268 g/mol. The smallest absolute Gasteiger partial charge is 0.154 e. The van der Waals surface area contributed by atoms with E-state index in [-0.39, 0.29) is 0 Å². The van der Waals surface area contributed by atoms with Gasteiger partial charge in [-0.25, -0.2) is 0 Å². The minimum Gasteiger partial charge on any atom is -0.355 e. The first-order valence-electron chi connectivity index (χ1n) is 7.49. The molecule has 1 aromatic heterocycles. The van der Waals surface area contributed by atoms with Crippen molar-refractivity contribution in [1.29, 1.82) is 0 Å². The number of benzene rings is 1. The molecule has 0 saturated carbocycles. The molecule has 3 N–H and O–H groups in total. The van der Waals surface area contributed by atoms with Gasteiger partial charge in [-0.1, -0.05) is 24.3 Å². The van der Waals surface area contributed by atoms with Crippen LogP contribution in [0.4, 0.5) is 5.82 Å². The standard InChI is InChI=1S/C16H20N4/c17-12-7-9-20(10-8-12)16-14-6-5-11-3-1-2-4-13(11)15(14)18-19-16/h1-4,12H,5-10,17H2,(H,18,19). The third-order valence-corrected chi connectivity index (χ3v) is 4.62. The summed E-state index contributed by atoms with van der Waals surface area (Å²) >= 11 is 0. The normalized spacial score (nSPS) is 18.8. The zero-order valence-corrected chi connectivity index (χ0v) is 11.6. The molecule has 0 bridgehead atoms. The fraction of sp³-hybridized carbons (Fsp3) is 0.438. The fourth-order valence-electron chi connectivity index (χ4n) is 3.43. The lowest BCUT2D eigenvalue weighted by molar-refractivity contribution is 0.497. The van der Waals surface area contributed by atoms with E-state index < -0.39 is 0 Å². The second-order valence-corrected chi connectivity index (χ2v) is 5.88. The Morgan fingerprint density at radius 1 is 1.15 bits per heavy atom. The molecule has 104 valence electrons. The minimum atomic E-state index is 0.363. The van der Waals surface area contributed by atoms with Gasteiger partial charge in [-0.3, -0.25) is 5.10 Å². The highest BCUT2D eigenvalue weighted by atomic mass is 15.3. The van der Waals surface area contributed by atoms with Crippen LogP contribution in [0.2, 0.25) is 0 Å². The van der Waals surface area contributed by atoms with E-state index in [0.29, 0.717) is 6.04 Å². The maximum Gasteiger partial charge on any atom is 0.154 e. The molecule has 1 aliphatic carbocycles. The molecule has 1 aliphatic heterocycles. The molecule has 20 heavy (non-hydrogen) atoms. The van der Waals surface area contributed by atoms with Gasteiger partial charge in [0.1, 0.15) is 0 Å². The van der Waals surface area contributed by atoms with Crippen molar-refractivity contribution in [2.24, 2.45) is 5.73 Å². The van der Waals surface area contributed by atoms with Gasteiger partial charge in [-0.05, 0) is 31.2 Å². The van der Waals surface area contributed by atoms with Gasteiger partial charge in [-0.2, -0.15) is 5.10 Å². The summed E-state index contributed by atoms with van der Waals surface area (Å²) in [6.45, 7) is 2.06. The Labute approximate surface area is 119 Å². The number of fused-ring (bicyclic) bond motifs is 3. The molecule has 0 amide bonds. The van der Waals surface area contributed by atoms with E-state index in [9.17, 15) is 0 Å². The molecular formula is C16H20N4. The largest absolute Gasteiger partial charge is 0.355 e. The van der Waals surface area contributed by atoms with E-state index in [4.69, 9.17) is 5.73 Å². The van der Waals surface area contributed by atoms with Crippen molar-refractivity contribution in [3.63, 3.8) is 0 Å². The third kappa shape index (κ3) is 1.83. The molecule has 1 fully saturated rings. The summed E-state index contributed by atoms with van der Waals surface area (Å²) in [6, 6.07) is 9.00. The van der Waals surface area contributed by atoms with Gasteiger partial charge in [0.05, 0.1) is 5.69 Å². The molecule has 4 rings (SSSR count). The fourth-order valence-corrected chi connectivity index (χ4v) is 3.43. The summed E-state index contributed by atoms with van der Waals surface area (Å²) in [7, 11) is 0. The van der Waals surface area contributed by atoms with E-state index >= 15 is 0 Å². The number of rotatable bonds is 1. The van der Waals surface area contributed by atoms with Crippen molar-refractivity contribution in [3.05, 3.63) is 35.4 Å². The van der Waals surface area contributed by atoms with Gasteiger partial charge < -0.3 is 10.6 Å². The van der Waals surface area contributed by atoms with E-state index in [2.05, 4.69) is 39.4 Å². The Balaban J connectivity index is 1.71. The van der Waals surface area contributed by atoms with Gasteiger partial charge in [0.25, 0.3) is 0 Å². The number of nitrogens with zero attached hydrogens (tertiary/aromatic N) is 2. The number of anilines is 1. The zero-order valence-electron chi connectivity index (χ0n) is 11.6. The first-order chi connectivity index (χ1) is 9.83. The summed E-state index contributed by atoms with van der Waals surface area (Å²) in [4.78, 5) is 2.40. The maximum absolute atomic E-state index is 6.00. The molecular weight excluding hydrogens is 248 g/mol. The number of nitrogens with two attached hydrogens (primary N) is 1. The van der Waals surface area contributed by atoms with Crippen molar-refractivity contribution in [2.75, 3.05) is 18.0 Å². The van der Waals surface area contributed by atoms with Gasteiger partial charge in [-0.15, -0.1) is 0 Å². The predicted molar refractivity (Wildman–Crippen MR) is 80.9 cm³/mol. The Kier molecular flexibility index (Phi) is 2.77. The van der Waals surface area contributed by atoms with Crippen LogP contribution in [0, 0.1) is 0 Å². The molecule has 2 aromatic rings. The van der Waals surface area contributed by atoms with Crippen LogP contribution in [-0.4, -0.2) is 29.3 Å². The first-order valence-corrected chi connectivity index (χ1v) is 7.49. The Morgan fingerprint density at radius 3 is 2.80 bits per heavy atom. The zero-order chi connectivity index (χ0) is 13.5. The quantitative estimate of drug-likeness (QED) is 0.832. The van der Waals surface area contributed by atoms with Crippen LogP contribution in [0.3, 0.4) is 0 Å². The number of nitrogens with one attached hydrogen (secondary N) is 1. The van der Waals surface area contributed by atoms with Gasteiger partial charge >= 0.3 is 0 Å². The van der Waals surface area contributed by atoms with Crippen molar-refractivity contribution in [2.45, 2.75) is 31.7 Å². The highest BCUT2D eigenvalue weighted by molar-refractivity contribution is 5.74. The number of aryl methyl sites for hydroxylation is 1. The van der Waals surface area contributed by atoms with Gasteiger partial charge in [0.15, 0.2) is 5.82 Å². The average Bonchev–Trinajstić information content (AvgIpc) is 2.92. The van der Waals surface area contributed by atoms with E-state index in [1.54, 1.807) is 0 Å². The second-order valence-electron chi connectivity index (χ2n) is 5.88. The summed E-state index contributed by atoms with van der Waals surface area (Å²) in [5.74, 6) is 1.15. The van der Waals surface area contributed by atoms with Gasteiger partial charge in [0.2, 0.25) is 0 Å². The SMILES string of the molecule is NC1CCN(c2n[nH]c3c2CCc2ccccc2-3)CC1. The molecule has 4 nitrogen and oxygen atoms in total. The highest BCUT2D eigenvalue weighted by Gasteiger charge is 2.26. The van der Waals surface area contributed by atoms with Crippen LogP contribution < -0.4 is 10.6 Å². The minimum absolute atomic E-state index is 0.363. The van der Waals surface area contributed by atoms with Crippen LogP contribution in [-0.2, 0) is 12.8 Å². The number of hydrogen-bond acceptors (Lipinski definition) is 3. The summed E-state index contributed by atoms with van der Waals surface area (Å²) in [5, 5.41) is 7.87. The van der Waals surface area contributed by atoms with Crippen molar-refractivity contribution in [1.82, 2.24) is 10.2 Å². The third-order valence-electron chi connectivity index (χ3n) is 4.62. The van der Waals surface area contributed by atoms with Crippen LogP contribution in [0.1, 0.15) is 24.0 Å². The molecule has 2 aliphatic rings. The van der Waals surface area contributed by atoms with Crippen molar-refractivity contribution in [3.8, 4) is 11.3 Å². The van der Waals surface area contributed by atoms with E-state index in [1.807, 2.05) is 0 Å². The van der Waals surface area contributed by atoms with Crippen LogP contribution >= 0.6 is 0 Å². The van der Waals surface area contributed by atoms with Gasteiger partial charge in [0, 0.05) is 30.3 Å². The summed E-state index contributed by atoms with van der Waals surface area (Å²) < 4.78 is 0. The number of aromatic nitrogens is 2. The molecule has 0 atom stereocenters. The van der Waals surface area contributed by atoms with Crippen LogP contribution in [0.15, 0.2) is 24.3 Å².